The summed E-state index contributed by atoms with van der Waals surface area (Å²) < 4.78 is 5.33. The summed E-state index contributed by atoms with van der Waals surface area (Å²) in [6.07, 6.45) is 2.16. The minimum absolute atomic E-state index is 0.120. The fourth-order valence-electron chi connectivity index (χ4n) is 3.99. The number of aliphatic imine (C=N–C) groups is 1. The fraction of sp³-hybridized carbons (Fsp3) is 0.500. The number of benzene rings is 1. The first-order valence-electron chi connectivity index (χ1n) is 9.52. The minimum Gasteiger partial charge on any atom is -0.465 e. The monoisotopic (exact) mass is 353 g/mol. The Morgan fingerprint density at radius 1 is 1.23 bits per heavy atom. The first-order valence-corrected chi connectivity index (χ1v) is 9.52. The first kappa shape index (κ1) is 18.6. The van der Waals surface area contributed by atoms with E-state index < -0.39 is 5.92 Å². The van der Waals surface area contributed by atoms with Crippen molar-refractivity contribution in [1.82, 2.24) is 0 Å². The molecule has 0 aromatic heterocycles. The van der Waals surface area contributed by atoms with Crippen LogP contribution in [0.2, 0.25) is 0 Å². The van der Waals surface area contributed by atoms with Gasteiger partial charge in [0, 0.05) is 29.3 Å². The SMILES string of the molecule is CCOC(=O)C1C(C)=NC2=C(C(=O)CCC2)[C@H]1c1ccc(C(C)C)cc1. The average Bonchev–Trinajstić information content (AvgIpc) is 2.61. The number of hydrogen-bond donors (Lipinski definition) is 0. The second-order valence-corrected chi connectivity index (χ2v) is 7.42. The lowest BCUT2D eigenvalue weighted by molar-refractivity contribution is -0.146. The molecule has 0 saturated carbocycles. The summed E-state index contributed by atoms with van der Waals surface area (Å²) in [6, 6.07) is 8.29. The summed E-state index contributed by atoms with van der Waals surface area (Å²) in [4.78, 5) is 30.1. The van der Waals surface area contributed by atoms with Gasteiger partial charge in [-0.05, 0) is 43.7 Å². The van der Waals surface area contributed by atoms with Crippen LogP contribution in [0.5, 0.6) is 0 Å². The molecule has 1 aromatic carbocycles. The van der Waals surface area contributed by atoms with Crippen molar-refractivity contribution in [2.45, 2.75) is 58.8 Å². The second kappa shape index (κ2) is 7.56. The Balaban J connectivity index is 2.10. The van der Waals surface area contributed by atoms with Gasteiger partial charge in [0.25, 0.3) is 0 Å². The van der Waals surface area contributed by atoms with Crippen LogP contribution in [-0.4, -0.2) is 24.1 Å². The molecule has 0 radical (unpaired) electrons. The van der Waals surface area contributed by atoms with Gasteiger partial charge in [-0.25, -0.2) is 0 Å². The minimum atomic E-state index is -0.527. The predicted molar refractivity (Wildman–Crippen MR) is 102 cm³/mol. The van der Waals surface area contributed by atoms with Crippen LogP contribution >= 0.6 is 0 Å². The van der Waals surface area contributed by atoms with Crippen molar-refractivity contribution in [3.8, 4) is 0 Å². The van der Waals surface area contributed by atoms with Gasteiger partial charge in [0.05, 0.1) is 6.61 Å². The van der Waals surface area contributed by atoms with E-state index in [9.17, 15) is 9.59 Å². The Hall–Kier alpha value is -2.23. The van der Waals surface area contributed by atoms with Crippen LogP contribution in [0.4, 0.5) is 0 Å². The van der Waals surface area contributed by atoms with E-state index in [4.69, 9.17) is 4.74 Å². The Labute approximate surface area is 155 Å². The molecule has 1 aliphatic heterocycles. The molecule has 1 aromatic rings. The van der Waals surface area contributed by atoms with Crippen molar-refractivity contribution in [3.63, 3.8) is 0 Å². The standard InChI is InChI=1S/C22H27NO3/c1-5-26-22(25)19-14(4)23-17-7-6-8-18(24)21(17)20(19)16-11-9-15(10-12-16)13(2)3/h9-13,19-20H,5-8H2,1-4H3/t19?,20-/m0/s1. The molecule has 0 saturated heterocycles. The summed E-state index contributed by atoms with van der Waals surface area (Å²) in [6.45, 7) is 8.30. The third-order valence-electron chi connectivity index (χ3n) is 5.34. The van der Waals surface area contributed by atoms with Gasteiger partial charge in [0.15, 0.2) is 5.78 Å². The van der Waals surface area contributed by atoms with E-state index in [1.807, 2.05) is 6.92 Å². The highest BCUT2D eigenvalue weighted by atomic mass is 16.5. The average molecular weight is 353 g/mol. The molecule has 0 fully saturated rings. The van der Waals surface area contributed by atoms with Gasteiger partial charge in [-0.1, -0.05) is 38.1 Å². The smallest absolute Gasteiger partial charge is 0.315 e. The van der Waals surface area contributed by atoms with Gasteiger partial charge in [0.2, 0.25) is 0 Å². The van der Waals surface area contributed by atoms with Crippen LogP contribution in [0.15, 0.2) is 40.5 Å². The van der Waals surface area contributed by atoms with E-state index >= 15 is 0 Å². The molecule has 26 heavy (non-hydrogen) atoms. The van der Waals surface area contributed by atoms with Crippen molar-refractivity contribution < 1.29 is 14.3 Å². The number of carbonyl (C=O) groups excluding carboxylic acids is 2. The van der Waals surface area contributed by atoms with Gasteiger partial charge in [-0.2, -0.15) is 0 Å². The molecule has 1 aliphatic carbocycles. The molecule has 1 unspecified atom stereocenters. The Morgan fingerprint density at radius 3 is 2.54 bits per heavy atom. The molecule has 4 nitrogen and oxygen atoms in total. The Kier molecular flexibility index (Phi) is 5.40. The Morgan fingerprint density at radius 2 is 1.92 bits per heavy atom. The van der Waals surface area contributed by atoms with Crippen LogP contribution in [-0.2, 0) is 14.3 Å². The normalized spacial score (nSPS) is 23.0. The van der Waals surface area contributed by atoms with Gasteiger partial charge >= 0.3 is 5.97 Å². The zero-order chi connectivity index (χ0) is 18.8. The molecular formula is C22H27NO3. The van der Waals surface area contributed by atoms with E-state index in [1.165, 1.54) is 5.56 Å². The third-order valence-corrected chi connectivity index (χ3v) is 5.34. The number of ether oxygens (including phenoxy) is 1. The summed E-state index contributed by atoms with van der Waals surface area (Å²) in [7, 11) is 0. The lowest BCUT2D eigenvalue weighted by atomic mass is 9.71. The summed E-state index contributed by atoms with van der Waals surface area (Å²) >= 11 is 0. The molecule has 2 atom stereocenters. The largest absolute Gasteiger partial charge is 0.465 e. The van der Waals surface area contributed by atoms with E-state index in [-0.39, 0.29) is 17.7 Å². The number of rotatable bonds is 4. The number of allylic oxidation sites excluding steroid dienone is 2. The zero-order valence-electron chi connectivity index (χ0n) is 16.0. The number of Topliss-reactive ketones (excluding diaryl/α,β-unsaturated/α-hetero) is 1. The van der Waals surface area contributed by atoms with E-state index in [2.05, 4.69) is 43.1 Å². The van der Waals surface area contributed by atoms with Gasteiger partial charge in [-0.15, -0.1) is 0 Å². The maximum Gasteiger partial charge on any atom is 0.315 e. The van der Waals surface area contributed by atoms with Gasteiger partial charge in [-0.3, -0.25) is 14.6 Å². The summed E-state index contributed by atoms with van der Waals surface area (Å²) in [5, 5.41) is 0. The fourth-order valence-corrected chi connectivity index (χ4v) is 3.99. The van der Waals surface area contributed by atoms with Crippen molar-refractivity contribution >= 4 is 17.5 Å². The van der Waals surface area contributed by atoms with Gasteiger partial charge < -0.3 is 4.74 Å². The van der Waals surface area contributed by atoms with E-state index in [1.54, 1.807) is 6.92 Å². The highest BCUT2D eigenvalue weighted by Gasteiger charge is 2.42. The van der Waals surface area contributed by atoms with Crippen LogP contribution in [0.3, 0.4) is 0 Å². The number of carbonyl (C=O) groups is 2. The maximum absolute atomic E-state index is 12.7. The number of esters is 1. The van der Waals surface area contributed by atoms with E-state index in [0.29, 0.717) is 18.9 Å². The van der Waals surface area contributed by atoms with Crippen LogP contribution in [0.1, 0.15) is 69.9 Å². The molecule has 2 aliphatic rings. The van der Waals surface area contributed by atoms with Crippen molar-refractivity contribution in [1.29, 1.82) is 0 Å². The molecule has 0 bridgehead atoms. The lowest BCUT2D eigenvalue weighted by Gasteiger charge is -2.34. The highest BCUT2D eigenvalue weighted by molar-refractivity contribution is 6.08. The highest BCUT2D eigenvalue weighted by Crippen LogP contribution is 2.43. The van der Waals surface area contributed by atoms with Crippen LogP contribution < -0.4 is 0 Å². The van der Waals surface area contributed by atoms with Crippen molar-refractivity contribution in [3.05, 3.63) is 46.7 Å². The predicted octanol–water partition coefficient (Wildman–Crippen LogP) is 4.55. The summed E-state index contributed by atoms with van der Waals surface area (Å²) in [5.74, 6) is -0.562. The number of hydrogen-bond acceptors (Lipinski definition) is 4. The summed E-state index contributed by atoms with van der Waals surface area (Å²) in [5.41, 5.74) is 4.56. The number of nitrogens with zero attached hydrogens (tertiary/aromatic N) is 1. The van der Waals surface area contributed by atoms with Crippen LogP contribution in [0.25, 0.3) is 0 Å². The molecular weight excluding hydrogens is 326 g/mol. The maximum atomic E-state index is 12.7. The molecule has 4 heteroatoms. The Bertz CT molecular complexity index is 771. The van der Waals surface area contributed by atoms with E-state index in [0.717, 1.165) is 35.4 Å². The lowest BCUT2D eigenvalue weighted by Crippen LogP contribution is -2.37. The van der Waals surface area contributed by atoms with Crippen molar-refractivity contribution in [2.75, 3.05) is 6.61 Å². The number of ketones is 1. The molecule has 0 spiro atoms. The molecule has 138 valence electrons. The zero-order valence-corrected chi connectivity index (χ0v) is 16.0. The second-order valence-electron chi connectivity index (χ2n) is 7.42. The quantitative estimate of drug-likeness (QED) is 0.746. The molecule has 0 amide bonds. The first-order chi connectivity index (χ1) is 12.4. The topological polar surface area (TPSA) is 55.7 Å². The third kappa shape index (κ3) is 3.37. The van der Waals surface area contributed by atoms with Crippen LogP contribution in [0, 0.1) is 5.92 Å². The molecule has 1 heterocycles. The van der Waals surface area contributed by atoms with Gasteiger partial charge in [0.1, 0.15) is 5.92 Å². The molecule has 0 N–H and O–H groups in total. The molecule has 3 rings (SSSR count). The van der Waals surface area contributed by atoms with Crippen molar-refractivity contribution in [2.24, 2.45) is 10.9 Å².